The highest BCUT2D eigenvalue weighted by Gasteiger charge is 2.35. The Labute approximate surface area is 128 Å². The van der Waals surface area contributed by atoms with Crippen molar-refractivity contribution in [3.63, 3.8) is 0 Å². The van der Waals surface area contributed by atoms with Crippen LogP contribution in [0.15, 0.2) is 11.1 Å². The highest BCUT2D eigenvalue weighted by atomic mass is 16.6. The summed E-state index contributed by atoms with van der Waals surface area (Å²) in [7, 11) is 0. The van der Waals surface area contributed by atoms with Crippen molar-refractivity contribution in [2.24, 2.45) is 0 Å². The third-order valence-corrected chi connectivity index (χ3v) is 2.17. The molecule has 22 heavy (non-hydrogen) atoms. The quantitative estimate of drug-likeness (QED) is 0.210. The smallest absolute Gasteiger partial charge is 0.346 e. The lowest BCUT2D eigenvalue weighted by molar-refractivity contribution is -0.152. The van der Waals surface area contributed by atoms with Gasteiger partial charge in [0, 0.05) is 0 Å². The fourth-order valence-corrected chi connectivity index (χ4v) is 1.39. The van der Waals surface area contributed by atoms with Gasteiger partial charge in [0.2, 0.25) is 0 Å². The summed E-state index contributed by atoms with van der Waals surface area (Å²) < 4.78 is 18.8. The largest absolute Gasteiger partial charge is 0.462 e. The molecule has 0 N–H and O–H groups in total. The number of ether oxygens (including phenoxy) is 4. The molecule has 0 aromatic rings. The molecule has 0 atom stereocenters. The van der Waals surface area contributed by atoms with Crippen LogP contribution in [0.2, 0.25) is 0 Å². The molecule has 0 heterocycles. The Morgan fingerprint density at radius 1 is 0.500 bits per heavy atom. The van der Waals surface area contributed by atoms with Gasteiger partial charge in [-0.05, 0) is 27.7 Å². The minimum Gasteiger partial charge on any atom is -0.462 e. The first-order valence-corrected chi connectivity index (χ1v) is 6.87. The van der Waals surface area contributed by atoms with E-state index in [9.17, 15) is 19.2 Å². The Bertz CT molecular complexity index is 381. The van der Waals surface area contributed by atoms with Gasteiger partial charge >= 0.3 is 23.9 Å². The lowest BCUT2D eigenvalue weighted by atomic mass is 10.1. The van der Waals surface area contributed by atoms with Gasteiger partial charge in [-0.3, -0.25) is 0 Å². The summed E-state index contributed by atoms with van der Waals surface area (Å²) in [6.07, 6.45) is 0. The molecule has 8 nitrogen and oxygen atoms in total. The third-order valence-electron chi connectivity index (χ3n) is 2.17. The summed E-state index contributed by atoms with van der Waals surface area (Å²) in [4.78, 5) is 47.7. The summed E-state index contributed by atoms with van der Waals surface area (Å²) in [5, 5.41) is 0. The first-order valence-electron chi connectivity index (χ1n) is 6.87. The average Bonchev–Trinajstić information content (AvgIpc) is 2.45. The van der Waals surface area contributed by atoms with E-state index in [2.05, 4.69) is 0 Å². The molecule has 0 spiro atoms. The van der Waals surface area contributed by atoms with Gasteiger partial charge in [0.25, 0.3) is 0 Å². The van der Waals surface area contributed by atoms with E-state index in [1.165, 1.54) is 27.7 Å². The van der Waals surface area contributed by atoms with Crippen LogP contribution in [0.3, 0.4) is 0 Å². The fourth-order valence-electron chi connectivity index (χ4n) is 1.39. The zero-order chi connectivity index (χ0) is 17.1. The van der Waals surface area contributed by atoms with Gasteiger partial charge in [-0.2, -0.15) is 0 Å². The SMILES string of the molecule is CCOC(=O)C(C(=O)OCC)=C(C(=O)OCC)C(=O)OCC. The second-order valence-electron chi connectivity index (χ2n) is 3.63. The average molecular weight is 316 g/mol. The maximum Gasteiger partial charge on any atom is 0.346 e. The molecule has 0 saturated carbocycles. The van der Waals surface area contributed by atoms with Crippen molar-refractivity contribution < 1.29 is 38.1 Å². The predicted octanol–water partition coefficient (Wildman–Crippen LogP) is 0.535. The van der Waals surface area contributed by atoms with Gasteiger partial charge in [-0.15, -0.1) is 0 Å². The summed E-state index contributed by atoms with van der Waals surface area (Å²) in [5.74, 6) is -4.62. The predicted molar refractivity (Wildman–Crippen MR) is 73.6 cm³/mol. The Hall–Kier alpha value is -2.38. The van der Waals surface area contributed by atoms with Crippen molar-refractivity contribution in [2.45, 2.75) is 27.7 Å². The van der Waals surface area contributed by atoms with Crippen molar-refractivity contribution in [3.05, 3.63) is 11.1 Å². The van der Waals surface area contributed by atoms with Crippen LogP contribution in [0.4, 0.5) is 0 Å². The summed E-state index contributed by atoms with van der Waals surface area (Å²) in [5.41, 5.74) is -1.67. The molecule has 0 aromatic carbocycles. The lowest BCUT2D eigenvalue weighted by Gasteiger charge is -2.12. The maximum absolute atomic E-state index is 11.9. The van der Waals surface area contributed by atoms with Crippen molar-refractivity contribution in [1.29, 1.82) is 0 Å². The Morgan fingerprint density at radius 3 is 0.818 bits per heavy atom. The molecule has 0 saturated heterocycles. The van der Waals surface area contributed by atoms with Crippen molar-refractivity contribution >= 4 is 23.9 Å². The van der Waals surface area contributed by atoms with Crippen molar-refractivity contribution in [2.75, 3.05) is 26.4 Å². The standard InChI is InChI=1S/C14H20O8/c1-5-19-11(15)9(12(16)20-6-2)10(13(17)21-7-3)14(18)22-8-4/h5-8H2,1-4H3. The molecule has 8 heteroatoms. The molecule has 0 aliphatic carbocycles. The summed E-state index contributed by atoms with van der Waals surface area (Å²) >= 11 is 0. The van der Waals surface area contributed by atoms with Crippen LogP contribution in [0.25, 0.3) is 0 Å². The second-order valence-corrected chi connectivity index (χ2v) is 3.63. The topological polar surface area (TPSA) is 105 Å². The van der Waals surface area contributed by atoms with Gasteiger partial charge in [0.1, 0.15) is 0 Å². The molecule has 124 valence electrons. The zero-order valence-electron chi connectivity index (χ0n) is 13.1. The van der Waals surface area contributed by atoms with E-state index in [-0.39, 0.29) is 26.4 Å². The Kier molecular flexibility index (Phi) is 9.24. The number of carbonyl (C=O) groups excluding carboxylic acids is 4. The van der Waals surface area contributed by atoms with E-state index < -0.39 is 35.0 Å². The van der Waals surface area contributed by atoms with Crippen LogP contribution in [0.5, 0.6) is 0 Å². The monoisotopic (exact) mass is 316 g/mol. The number of hydrogen-bond donors (Lipinski definition) is 0. The van der Waals surface area contributed by atoms with Crippen LogP contribution >= 0.6 is 0 Å². The van der Waals surface area contributed by atoms with E-state index in [1.54, 1.807) is 0 Å². The van der Waals surface area contributed by atoms with Crippen LogP contribution in [0.1, 0.15) is 27.7 Å². The molecule has 0 rings (SSSR count). The molecule has 0 fully saturated rings. The van der Waals surface area contributed by atoms with Crippen LogP contribution in [-0.2, 0) is 38.1 Å². The van der Waals surface area contributed by atoms with E-state index in [4.69, 9.17) is 18.9 Å². The highest BCUT2D eigenvalue weighted by molar-refractivity contribution is 6.27. The van der Waals surface area contributed by atoms with E-state index in [0.29, 0.717) is 0 Å². The molecule has 0 aliphatic heterocycles. The Morgan fingerprint density at radius 2 is 0.682 bits per heavy atom. The van der Waals surface area contributed by atoms with Gasteiger partial charge in [-0.25, -0.2) is 19.2 Å². The highest BCUT2D eigenvalue weighted by Crippen LogP contribution is 2.14. The molecular weight excluding hydrogens is 296 g/mol. The normalized spacial score (nSPS) is 9.45. The van der Waals surface area contributed by atoms with Crippen LogP contribution in [0, 0.1) is 0 Å². The molecule has 0 bridgehead atoms. The van der Waals surface area contributed by atoms with Gasteiger partial charge in [0.05, 0.1) is 26.4 Å². The van der Waals surface area contributed by atoms with Crippen LogP contribution in [-0.4, -0.2) is 50.3 Å². The summed E-state index contributed by atoms with van der Waals surface area (Å²) in [6.45, 7) is 5.82. The van der Waals surface area contributed by atoms with E-state index in [0.717, 1.165) is 0 Å². The second kappa shape index (κ2) is 10.4. The molecule has 0 amide bonds. The Balaban J connectivity index is 6.03. The van der Waals surface area contributed by atoms with E-state index >= 15 is 0 Å². The first-order chi connectivity index (χ1) is 10.4. The van der Waals surface area contributed by atoms with Gasteiger partial charge < -0.3 is 18.9 Å². The zero-order valence-corrected chi connectivity index (χ0v) is 13.1. The third kappa shape index (κ3) is 5.55. The molecule has 0 aliphatic rings. The fraction of sp³-hybridized carbons (Fsp3) is 0.571. The lowest BCUT2D eigenvalue weighted by Crippen LogP contribution is -2.28. The molecule has 0 radical (unpaired) electrons. The van der Waals surface area contributed by atoms with Gasteiger partial charge in [0.15, 0.2) is 11.1 Å². The molecule has 0 aromatic heterocycles. The number of carbonyl (C=O) groups is 4. The van der Waals surface area contributed by atoms with E-state index in [1.807, 2.05) is 0 Å². The molecule has 0 unspecified atom stereocenters. The van der Waals surface area contributed by atoms with Crippen molar-refractivity contribution in [1.82, 2.24) is 0 Å². The molecular formula is C14H20O8. The number of rotatable bonds is 8. The van der Waals surface area contributed by atoms with Gasteiger partial charge in [-0.1, -0.05) is 0 Å². The minimum absolute atomic E-state index is 0.0549. The minimum atomic E-state index is -1.16. The van der Waals surface area contributed by atoms with Crippen LogP contribution < -0.4 is 0 Å². The maximum atomic E-state index is 11.9. The number of esters is 4. The van der Waals surface area contributed by atoms with Crippen molar-refractivity contribution in [3.8, 4) is 0 Å². The first kappa shape index (κ1) is 19.6. The summed E-state index contributed by atoms with van der Waals surface area (Å²) in [6, 6.07) is 0. The number of hydrogen-bond acceptors (Lipinski definition) is 8.